The van der Waals surface area contributed by atoms with Gasteiger partial charge in [0.2, 0.25) is 5.91 Å². The molecule has 0 aliphatic rings. The second-order valence-corrected chi connectivity index (χ2v) is 8.06. The number of nitrogens with one attached hydrogen (secondary N) is 3. The third-order valence-corrected chi connectivity index (χ3v) is 5.17. The molecule has 3 aromatic rings. The molecule has 0 atom stereocenters. The van der Waals surface area contributed by atoms with E-state index < -0.39 is 5.97 Å². The lowest BCUT2D eigenvalue weighted by molar-refractivity contribution is -0.137. The number of benzene rings is 3. The smallest absolute Gasteiger partial charge is 0.323 e. The zero-order chi connectivity index (χ0) is 27.9. The van der Waals surface area contributed by atoms with Crippen molar-refractivity contribution in [1.82, 2.24) is 0 Å². The van der Waals surface area contributed by atoms with Gasteiger partial charge in [-0.1, -0.05) is 44.2 Å². The normalized spacial score (nSPS) is 9.89. The number of methoxy groups -OCH3 is 1. The molecule has 9 heteroatoms. The topological polar surface area (TPSA) is 126 Å². The molecule has 0 saturated carbocycles. The van der Waals surface area contributed by atoms with Crippen molar-refractivity contribution in [3.05, 3.63) is 77.9 Å². The first-order valence-electron chi connectivity index (χ1n) is 12.4. The van der Waals surface area contributed by atoms with Crippen LogP contribution in [0.4, 0.5) is 21.9 Å². The van der Waals surface area contributed by atoms with Crippen LogP contribution in [-0.2, 0) is 16.0 Å². The third-order valence-electron chi connectivity index (χ3n) is 5.17. The number of rotatable bonds is 11. The van der Waals surface area contributed by atoms with Crippen molar-refractivity contribution in [2.45, 2.75) is 40.0 Å². The number of hydrogen-bond donors (Lipinski definition) is 4. The summed E-state index contributed by atoms with van der Waals surface area (Å²) in [4.78, 5) is 35.5. The van der Waals surface area contributed by atoms with Gasteiger partial charge in [0.05, 0.1) is 20.1 Å². The molecule has 0 heterocycles. The molecule has 202 valence electrons. The first-order chi connectivity index (χ1) is 18.3. The van der Waals surface area contributed by atoms with Gasteiger partial charge in [0.15, 0.2) is 0 Å². The first kappa shape index (κ1) is 29.7. The minimum Gasteiger partial charge on any atom is -0.497 e. The Morgan fingerprint density at radius 2 is 1.53 bits per heavy atom. The molecular weight excluding hydrogens is 486 g/mol. The number of ether oxygens (including phenoxy) is 2. The molecule has 0 aliphatic carbocycles. The van der Waals surface area contributed by atoms with Gasteiger partial charge in [0, 0.05) is 41.7 Å². The van der Waals surface area contributed by atoms with Crippen LogP contribution in [0.2, 0.25) is 0 Å². The highest BCUT2D eigenvalue weighted by Gasteiger charge is 2.09. The molecule has 0 radical (unpaired) electrons. The fourth-order valence-corrected chi connectivity index (χ4v) is 3.35. The van der Waals surface area contributed by atoms with E-state index in [0.29, 0.717) is 29.3 Å². The van der Waals surface area contributed by atoms with E-state index >= 15 is 0 Å². The van der Waals surface area contributed by atoms with Gasteiger partial charge in [-0.3, -0.25) is 9.59 Å². The predicted molar refractivity (Wildman–Crippen MR) is 149 cm³/mol. The Morgan fingerprint density at radius 1 is 0.842 bits per heavy atom. The fraction of sp³-hybridized carbons (Fsp3) is 0.276. The van der Waals surface area contributed by atoms with E-state index in [9.17, 15) is 14.4 Å². The van der Waals surface area contributed by atoms with Crippen molar-refractivity contribution in [2.75, 3.05) is 29.7 Å². The van der Waals surface area contributed by atoms with Crippen LogP contribution in [0.1, 0.15) is 37.8 Å². The maximum Gasteiger partial charge on any atom is 0.323 e. The van der Waals surface area contributed by atoms with E-state index in [0.717, 1.165) is 16.8 Å². The number of para-hydroxylation sites is 1. The number of anilines is 3. The number of carboxylic acid groups (broad SMARTS) is 1. The molecule has 3 aromatic carbocycles. The summed E-state index contributed by atoms with van der Waals surface area (Å²) in [5.74, 6) is -0.153. The van der Waals surface area contributed by atoms with Crippen LogP contribution in [-0.4, -0.2) is 36.7 Å². The Labute approximate surface area is 223 Å². The van der Waals surface area contributed by atoms with Gasteiger partial charge < -0.3 is 30.5 Å². The molecule has 0 bridgehead atoms. The molecule has 0 aliphatic heterocycles. The number of carbonyl (C=O) groups is 3. The van der Waals surface area contributed by atoms with Gasteiger partial charge in [-0.05, 0) is 42.7 Å². The van der Waals surface area contributed by atoms with Crippen molar-refractivity contribution in [1.29, 1.82) is 0 Å². The molecule has 38 heavy (non-hydrogen) atoms. The van der Waals surface area contributed by atoms with Crippen molar-refractivity contribution in [3.63, 3.8) is 0 Å². The number of urea groups is 1. The quantitative estimate of drug-likeness (QED) is 0.226. The Morgan fingerprint density at radius 3 is 2.18 bits per heavy atom. The summed E-state index contributed by atoms with van der Waals surface area (Å²) in [6.07, 6.45) is 0.508. The SMILES string of the molecule is CC.COc1cc(NC(=O)Cc2ccc(NC(=O)Nc3ccccc3C)cc2)cc(OCCCC(=O)O)c1. The Kier molecular flexibility index (Phi) is 12.2. The number of carboxylic acids is 1. The van der Waals surface area contributed by atoms with E-state index in [4.69, 9.17) is 14.6 Å². The van der Waals surface area contributed by atoms with Crippen LogP contribution in [0.3, 0.4) is 0 Å². The van der Waals surface area contributed by atoms with Gasteiger partial charge in [-0.2, -0.15) is 0 Å². The van der Waals surface area contributed by atoms with E-state index in [2.05, 4.69) is 16.0 Å². The average Bonchev–Trinajstić information content (AvgIpc) is 2.90. The summed E-state index contributed by atoms with van der Waals surface area (Å²) >= 11 is 0. The van der Waals surface area contributed by atoms with E-state index in [1.807, 2.05) is 45.0 Å². The lowest BCUT2D eigenvalue weighted by Gasteiger charge is -2.12. The Bertz CT molecular complexity index is 1210. The molecule has 0 unspecified atom stereocenters. The van der Waals surface area contributed by atoms with Gasteiger partial charge in [-0.25, -0.2) is 4.79 Å². The molecule has 0 spiro atoms. The lowest BCUT2D eigenvalue weighted by atomic mass is 10.1. The van der Waals surface area contributed by atoms with Gasteiger partial charge in [0.25, 0.3) is 0 Å². The summed E-state index contributed by atoms with van der Waals surface area (Å²) in [6, 6.07) is 19.1. The summed E-state index contributed by atoms with van der Waals surface area (Å²) < 4.78 is 10.9. The predicted octanol–water partition coefficient (Wildman–Crippen LogP) is 6.10. The summed E-state index contributed by atoms with van der Waals surface area (Å²) in [5, 5.41) is 17.1. The van der Waals surface area contributed by atoms with Crippen molar-refractivity contribution >= 4 is 35.0 Å². The van der Waals surface area contributed by atoms with E-state index in [1.54, 1.807) is 42.5 Å². The Hall–Kier alpha value is -4.53. The van der Waals surface area contributed by atoms with Crippen LogP contribution in [0, 0.1) is 6.92 Å². The zero-order valence-corrected chi connectivity index (χ0v) is 22.2. The average molecular weight is 522 g/mol. The Balaban J connectivity index is 0.00000247. The monoisotopic (exact) mass is 521 g/mol. The summed E-state index contributed by atoms with van der Waals surface area (Å²) in [6.45, 7) is 6.15. The largest absolute Gasteiger partial charge is 0.497 e. The fourth-order valence-electron chi connectivity index (χ4n) is 3.35. The number of aliphatic carboxylic acids is 1. The van der Waals surface area contributed by atoms with Gasteiger partial charge in [0.1, 0.15) is 11.5 Å². The number of aryl methyl sites for hydroxylation is 1. The van der Waals surface area contributed by atoms with Gasteiger partial charge >= 0.3 is 12.0 Å². The molecule has 3 amide bonds. The van der Waals surface area contributed by atoms with Crippen LogP contribution in [0.25, 0.3) is 0 Å². The number of carbonyl (C=O) groups excluding carboxylic acids is 2. The standard InChI is InChI=1S/C27H29N3O6.C2H6/c1-18-6-3-4-7-24(18)30-27(34)29-20-11-9-19(10-12-20)14-25(31)28-21-15-22(35-2)17-23(16-21)36-13-5-8-26(32)33;1-2/h3-4,6-7,9-12,15-17H,5,8,13-14H2,1-2H3,(H,28,31)(H,32,33)(H2,29,30,34);1-2H3. The maximum absolute atomic E-state index is 12.6. The third kappa shape index (κ3) is 10.2. The molecule has 0 aromatic heterocycles. The van der Waals surface area contributed by atoms with Crippen LogP contribution in [0.5, 0.6) is 11.5 Å². The molecule has 4 N–H and O–H groups in total. The minimum absolute atomic E-state index is 0.0131. The van der Waals surface area contributed by atoms with E-state index in [1.165, 1.54) is 7.11 Å². The maximum atomic E-state index is 12.6. The molecule has 3 rings (SSSR count). The van der Waals surface area contributed by atoms with Crippen LogP contribution < -0.4 is 25.4 Å². The number of hydrogen-bond acceptors (Lipinski definition) is 5. The van der Waals surface area contributed by atoms with Crippen molar-refractivity contribution in [3.8, 4) is 11.5 Å². The highest BCUT2D eigenvalue weighted by Crippen LogP contribution is 2.26. The summed E-state index contributed by atoms with van der Waals surface area (Å²) in [7, 11) is 1.51. The number of amides is 3. The molecule has 0 fully saturated rings. The molecule has 9 nitrogen and oxygen atoms in total. The van der Waals surface area contributed by atoms with Crippen molar-refractivity contribution in [2.24, 2.45) is 0 Å². The second kappa shape index (κ2) is 15.6. The highest BCUT2D eigenvalue weighted by atomic mass is 16.5. The second-order valence-electron chi connectivity index (χ2n) is 8.06. The summed E-state index contributed by atoms with van der Waals surface area (Å²) in [5.41, 5.74) is 3.56. The molecule has 0 saturated heterocycles. The molecular formula is C29H35N3O6. The van der Waals surface area contributed by atoms with Crippen LogP contribution >= 0.6 is 0 Å². The minimum atomic E-state index is -0.883. The highest BCUT2D eigenvalue weighted by molar-refractivity contribution is 6.00. The van der Waals surface area contributed by atoms with Gasteiger partial charge in [-0.15, -0.1) is 0 Å². The van der Waals surface area contributed by atoms with E-state index in [-0.39, 0.29) is 31.4 Å². The zero-order valence-electron chi connectivity index (χ0n) is 22.2. The van der Waals surface area contributed by atoms with Crippen molar-refractivity contribution < 1.29 is 29.0 Å². The lowest BCUT2D eigenvalue weighted by Crippen LogP contribution is -2.20. The first-order valence-corrected chi connectivity index (χ1v) is 12.4. The van der Waals surface area contributed by atoms with Crippen LogP contribution in [0.15, 0.2) is 66.7 Å².